The van der Waals surface area contributed by atoms with Gasteiger partial charge in [0, 0.05) is 12.6 Å². The van der Waals surface area contributed by atoms with Gasteiger partial charge < -0.3 is 10.3 Å². The molecule has 1 atom stereocenters. The molecular weight excluding hydrogens is 290 g/mol. The molecule has 21 heavy (non-hydrogen) atoms. The van der Waals surface area contributed by atoms with Gasteiger partial charge in [-0.1, -0.05) is 23.4 Å². The molecule has 0 saturated heterocycles. The Morgan fingerprint density at radius 3 is 2.71 bits per heavy atom. The molecule has 2 heterocycles. The maximum atomic E-state index is 12.9. The summed E-state index contributed by atoms with van der Waals surface area (Å²) in [5.74, 6) is 0.305. The van der Waals surface area contributed by atoms with Crippen LogP contribution in [0.3, 0.4) is 0 Å². The minimum Gasteiger partial charge on any atom is -0.360 e. The van der Waals surface area contributed by atoms with E-state index in [1.54, 1.807) is 19.9 Å². The van der Waals surface area contributed by atoms with Gasteiger partial charge in [0.2, 0.25) is 0 Å². The molecule has 0 saturated carbocycles. The highest BCUT2D eigenvalue weighted by Crippen LogP contribution is 2.36. The Hall–Kier alpha value is -1.86. The third kappa shape index (κ3) is 2.13. The number of sulfonamides is 1. The average Bonchev–Trinajstić information content (AvgIpc) is 2.79. The van der Waals surface area contributed by atoms with Crippen LogP contribution < -0.4 is 10.0 Å². The van der Waals surface area contributed by atoms with E-state index in [4.69, 9.17) is 10.3 Å². The molecule has 3 rings (SSSR count). The molecule has 1 aromatic heterocycles. The number of hydrogen-bond donors (Lipinski definition) is 1. The van der Waals surface area contributed by atoms with Gasteiger partial charge in [-0.2, -0.15) is 0 Å². The Labute approximate surface area is 123 Å². The Bertz CT molecular complexity index is 763. The molecule has 2 aromatic rings. The fraction of sp³-hybridized carbons (Fsp3) is 0.357. The van der Waals surface area contributed by atoms with Gasteiger partial charge in [-0.05, 0) is 31.9 Å². The second kappa shape index (κ2) is 4.85. The van der Waals surface area contributed by atoms with E-state index in [-0.39, 0.29) is 10.9 Å². The van der Waals surface area contributed by atoms with Crippen molar-refractivity contribution in [2.45, 2.75) is 31.2 Å². The molecular formula is C14H17N3O3S. The van der Waals surface area contributed by atoms with Crippen LogP contribution in [0.25, 0.3) is 0 Å². The average molecular weight is 307 g/mol. The lowest BCUT2D eigenvalue weighted by atomic mass is 9.99. The molecule has 1 aromatic carbocycles. The molecule has 1 aliphatic heterocycles. The Kier molecular flexibility index (Phi) is 3.26. The highest BCUT2D eigenvalue weighted by Gasteiger charge is 2.35. The van der Waals surface area contributed by atoms with Crippen molar-refractivity contribution in [3.8, 4) is 0 Å². The molecule has 0 fully saturated rings. The van der Waals surface area contributed by atoms with Gasteiger partial charge in [0.25, 0.3) is 10.0 Å². The van der Waals surface area contributed by atoms with E-state index in [0.717, 1.165) is 5.56 Å². The normalized spacial score (nSPS) is 18.6. The van der Waals surface area contributed by atoms with Crippen molar-refractivity contribution in [2.24, 2.45) is 5.73 Å². The molecule has 0 amide bonds. The van der Waals surface area contributed by atoms with E-state index >= 15 is 0 Å². The first kappa shape index (κ1) is 14.1. The molecule has 2 N–H and O–H groups in total. The molecule has 112 valence electrons. The summed E-state index contributed by atoms with van der Waals surface area (Å²) in [6.07, 6.45) is 0.583. The van der Waals surface area contributed by atoms with Crippen molar-refractivity contribution in [3.63, 3.8) is 0 Å². The van der Waals surface area contributed by atoms with Crippen molar-refractivity contribution in [1.82, 2.24) is 5.16 Å². The zero-order valence-electron chi connectivity index (χ0n) is 11.9. The summed E-state index contributed by atoms with van der Waals surface area (Å²) in [6.45, 7) is 3.59. The zero-order valence-corrected chi connectivity index (χ0v) is 12.7. The van der Waals surface area contributed by atoms with Crippen LogP contribution in [0.1, 0.15) is 29.5 Å². The molecule has 0 radical (unpaired) electrons. The Morgan fingerprint density at radius 2 is 2.05 bits per heavy atom. The second-order valence-corrected chi connectivity index (χ2v) is 6.98. The lowest BCUT2D eigenvalue weighted by molar-refractivity contribution is 0.390. The third-order valence-electron chi connectivity index (χ3n) is 3.76. The summed E-state index contributed by atoms with van der Waals surface area (Å²) in [5.41, 5.74) is 7.93. The van der Waals surface area contributed by atoms with E-state index < -0.39 is 10.0 Å². The number of hydrogen-bond acceptors (Lipinski definition) is 5. The number of aryl methyl sites for hydroxylation is 2. The molecule has 0 spiro atoms. The van der Waals surface area contributed by atoms with Gasteiger partial charge in [-0.15, -0.1) is 0 Å². The fourth-order valence-corrected chi connectivity index (χ4v) is 4.57. The molecule has 1 unspecified atom stereocenters. The van der Waals surface area contributed by atoms with Gasteiger partial charge in [0.1, 0.15) is 5.69 Å². The predicted molar refractivity (Wildman–Crippen MR) is 78.5 cm³/mol. The van der Waals surface area contributed by atoms with Crippen molar-refractivity contribution >= 4 is 15.7 Å². The van der Waals surface area contributed by atoms with E-state index in [2.05, 4.69) is 5.16 Å². The van der Waals surface area contributed by atoms with Crippen molar-refractivity contribution in [3.05, 3.63) is 41.3 Å². The van der Waals surface area contributed by atoms with Gasteiger partial charge >= 0.3 is 0 Å². The fourth-order valence-electron chi connectivity index (χ4n) is 2.76. The van der Waals surface area contributed by atoms with Gasteiger partial charge in [0.15, 0.2) is 10.7 Å². The summed E-state index contributed by atoms with van der Waals surface area (Å²) >= 11 is 0. The first-order valence-electron chi connectivity index (χ1n) is 6.73. The van der Waals surface area contributed by atoms with Crippen LogP contribution in [0.4, 0.5) is 5.69 Å². The summed E-state index contributed by atoms with van der Waals surface area (Å²) < 4.78 is 32.3. The summed E-state index contributed by atoms with van der Waals surface area (Å²) in [5, 5.41) is 3.74. The lowest BCUT2D eigenvalue weighted by Crippen LogP contribution is -2.38. The Balaban J connectivity index is 2.16. The number of benzene rings is 1. The predicted octanol–water partition coefficient (Wildman–Crippen LogP) is 1.89. The van der Waals surface area contributed by atoms with E-state index in [1.165, 1.54) is 4.31 Å². The van der Waals surface area contributed by atoms with Crippen LogP contribution in [-0.4, -0.2) is 20.1 Å². The van der Waals surface area contributed by atoms with E-state index in [9.17, 15) is 8.42 Å². The van der Waals surface area contributed by atoms with E-state index in [1.807, 2.05) is 18.2 Å². The first-order chi connectivity index (χ1) is 9.93. The number of anilines is 1. The largest absolute Gasteiger partial charge is 0.360 e. The van der Waals surface area contributed by atoms with Crippen molar-refractivity contribution in [1.29, 1.82) is 0 Å². The summed E-state index contributed by atoms with van der Waals surface area (Å²) in [4.78, 5) is 0.146. The van der Waals surface area contributed by atoms with Gasteiger partial charge in [-0.3, -0.25) is 4.31 Å². The standard InChI is InChI=1S/C14H17N3O3S/c1-9-14(10(2)20-16-9)21(18,19)17-8-7-12(15)11-5-3-4-6-13(11)17/h3-6,12H,7-8,15H2,1-2H3. The quantitative estimate of drug-likeness (QED) is 0.915. The Morgan fingerprint density at radius 1 is 1.33 bits per heavy atom. The molecule has 1 aliphatic rings. The SMILES string of the molecule is Cc1noc(C)c1S(=O)(=O)N1CCC(N)c2ccccc21. The highest BCUT2D eigenvalue weighted by atomic mass is 32.2. The number of aromatic nitrogens is 1. The van der Waals surface area contributed by atoms with Crippen LogP contribution in [0.5, 0.6) is 0 Å². The second-order valence-electron chi connectivity index (χ2n) is 5.18. The van der Waals surface area contributed by atoms with Crippen LogP contribution >= 0.6 is 0 Å². The molecule has 7 heteroatoms. The van der Waals surface area contributed by atoms with Crippen LogP contribution in [0, 0.1) is 13.8 Å². The van der Waals surface area contributed by atoms with Gasteiger partial charge in [-0.25, -0.2) is 8.42 Å². The minimum atomic E-state index is -3.70. The van der Waals surface area contributed by atoms with Crippen LogP contribution in [0.15, 0.2) is 33.7 Å². The molecule has 0 aliphatic carbocycles. The number of rotatable bonds is 2. The number of fused-ring (bicyclic) bond motifs is 1. The number of para-hydroxylation sites is 1. The van der Waals surface area contributed by atoms with Crippen molar-refractivity contribution in [2.75, 3.05) is 10.8 Å². The monoisotopic (exact) mass is 307 g/mol. The molecule has 0 bridgehead atoms. The third-order valence-corrected chi connectivity index (χ3v) is 5.82. The zero-order chi connectivity index (χ0) is 15.2. The summed E-state index contributed by atoms with van der Waals surface area (Å²) in [7, 11) is -3.70. The van der Waals surface area contributed by atoms with Gasteiger partial charge in [0.05, 0.1) is 5.69 Å². The summed E-state index contributed by atoms with van der Waals surface area (Å²) in [6, 6.07) is 7.19. The smallest absolute Gasteiger partial charge is 0.269 e. The lowest BCUT2D eigenvalue weighted by Gasteiger charge is -2.33. The van der Waals surface area contributed by atoms with Crippen molar-refractivity contribution < 1.29 is 12.9 Å². The molecule has 6 nitrogen and oxygen atoms in total. The minimum absolute atomic E-state index is 0.141. The maximum absolute atomic E-state index is 12.9. The number of nitrogens with zero attached hydrogens (tertiary/aromatic N) is 2. The topological polar surface area (TPSA) is 89.4 Å². The number of nitrogens with two attached hydrogens (primary N) is 1. The highest BCUT2D eigenvalue weighted by molar-refractivity contribution is 7.93. The first-order valence-corrected chi connectivity index (χ1v) is 8.17. The maximum Gasteiger partial charge on any atom is 0.269 e. The van der Waals surface area contributed by atoms with Crippen LogP contribution in [-0.2, 0) is 10.0 Å². The van der Waals surface area contributed by atoms with E-state index in [0.29, 0.717) is 30.1 Å². The van der Waals surface area contributed by atoms with Crippen LogP contribution in [0.2, 0.25) is 0 Å².